The van der Waals surface area contributed by atoms with Crippen LogP contribution in [0.25, 0.3) is 0 Å². The van der Waals surface area contributed by atoms with Gasteiger partial charge in [-0.3, -0.25) is 4.79 Å². The van der Waals surface area contributed by atoms with Crippen molar-refractivity contribution in [3.8, 4) is 0 Å². The van der Waals surface area contributed by atoms with Gasteiger partial charge in [-0.1, -0.05) is 11.6 Å². The minimum atomic E-state index is -0.219. The molecule has 1 fully saturated rings. The number of nitrogens with zero attached hydrogens (tertiary/aromatic N) is 1. The zero-order chi connectivity index (χ0) is 18.5. The summed E-state index contributed by atoms with van der Waals surface area (Å²) < 4.78 is 13.0. The Bertz CT molecular complexity index is 738. The van der Waals surface area contributed by atoms with Crippen molar-refractivity contribution in [2.45, 2.75) is 23.5 Å². The second-order valence-corrected chi connectivity index (χ2v) is 8.39. The third-order valence-corrected chi connectivity index (χ3v) is 5.90. The van der Waals surface area contributed by atoms with Crippen LogP contribution in [0, 0.1) is 11.7 Å². The van der Waals surface area contributed by atoms with Gasteiger partial charge in [-0.05, 0) is 67.8 Å². The fraction of sp³-hybridized carbons (Fsp3) is 0.350. The van der Waals surface area contributed by atoms with E-state index in [9.17, 15) is 9.18 Å². The minimum Gasteiger partial charge on any atom is -0.371 e. The van der Waals surface area contributed by atoms with Crippen molar-refractivity contribution in [3.05, 3.63) is 59.4 Å². The van der Waals surface area contributed by atoms with Crippen molar-refractivity contribution in [1.29, 1.82) is 0 Å². The average Bonchev–Trinajstić information content (AvgIpc) is 3.11. The molecule has 2 aromatic carbocycles. The number of nitrogens with one attached hydrogen (secondary N) is 1. The maximum atomic E-state index is 13.0. The highest BCUT2D eigenvalue weighted by Gasteiger charge is 2.24. The average molecular weight is 393 g/mol. The first-order valence-electron chi connectivity index (χ1n) is 8.72. The fourth-order valence-corrected chi connectivity index (χ4v) is 4.06. The molecule has 138 valence electrons. The number of halogens is 2. The molecular weight excluding hydrogens is 371 g/mol. The van der Waals surface area contributed by atoms with Crippen molar-refractivity contribution < 1.29 is 9.18 Å². The van der Waals surface area contributed by atoms with Gasteiger partial charge in [0.25, 0.3) is 0 Å². The van der Waals surface area contributed by atoms with Crippen LogP contribution in [0.1, 0.15) is 13.3 Å². The molecule has 1 aliphatic rings. The first kappa shape index (κ1) is 19.1. The lowest BCUT2D eigenvalue weighted by Crippen LogP contribution is -2.35. The molecule has 0 spiro atoms. The highest BCUT2D eigenvalue weighted by Crippen LogP contribution is 2.26. The SMILES string of the molecule is CC(Sc1ccc(Cl)cc1)C(=O)NCC1CCN(c2ccc(F)cc2)C1. The molecule has 3 nitrogen and oxygen atoms in total. The number of thioether (sulfide) groups is 1. The van der Waals surface area contributed by atoms with Gasteiger partial charge < -0.3 is 10.2 Å². The van der Waals surface area contributed by atoms with E-state index in [0.29, 0.717) is 17.5 Å². The van der Waals surface area contributed by atoms with E-state index in [2.05, 4.69) is 10.2 Å². The number of anilines is 1. The first-order valence-corrected chi connectivity index (χ1v) is 9.97. The normalized spacial score (nSPS) is 18.0. The molecule has 1 N–H and O–H groups in total. The summed E-state index contributed by atoms with van der Waals surface area (Å²) in [5, 5.41) is 3.60. The van der Waals surface area contributed by atoms with Gasteiger partial charge in [0.15, 0.2) is 0 Å². The predicted octanol–water partition coefficient (Wildman–Crippen LogP) is 4.60. The van der Waals surface area contributed by atoms with Crippen molar-refractivity contribution in [2.24, 2.45) is 5.92 Å². The molecule has 6 heteroatoms. The van der Waals surface area contributed by atoms with Crippen LogP contribution in [0.4, 0.5) is 10.1 Å². The summed E-state index contributed by atoms with van der Waals surface area (Å²) in [6.07, 6.45) is 1.02. The van der Waals surface area contributed by atoms with Gasteiger partial charge >= 0.3 is 0 Å². The lowest BCUT2D eigenvalue weighted by atomic mass is 10.1. The number of benzene rings is 2. The van der Waals surface area contributed by atoms with Crippen molar-refractivity contribution >= 4 is 35.0 Å². The number of carbonyl (C=O) groups excluding carboxylic acids is 1. The summed E-state index contributed by atoms with van der Waals surface area (Å²) in [6, 6.07) is 14.1. The van der Waals surface area contributed by atoms with Crippen LogP contribution in [-0.4, -0.2) is 30.8 Å². The van der Waals surface area contributed by atoms with E-state index in [1.807, 2.05) is 31.2 Å². The fourth-order valence-electron chi connectivity index (χ4n) is 3.05. The summed E-state index contributed by atoms with van der Waals surface area (Å²) in [6.45, 7) is 4.39. The smallest absolute Gasteiger partial charge is 0.233 e. The molecule has 2 unspecified atom stereocenters. The Morgan fingerprint density at radius 1 is 1.27 bits per heavy atom. The third-order valence-electron chi connectivity index (χ3n) is 4.54. The summed E-state index contributed by atoms with van der Waals surface area (Å²) >= 11 is 7.41. The Morgan fingerprint density at radius 2 is 1.96 bits per heavy atom. The van der Waals surface area contributed by atoms with E-state index in [4.69, 9.17) is 11.6 Å². The van der Waals surface area contributed by atoms with Crippen molar-refractivity contribution in [2.75, 3.05) is 24.5 Å². The van der Waals surface area contributed by atoms with E-state index < -0.39 is 0 Å². The molecule has 1 heterocycles. The van der Waals surface area contributed by atoms with E-state index in [1.165, 1.54) is 23.9 Å². The van der Waals surface area contributed by atoms with Crippen LogP contribution < -0.4 is 10.2 Å². The lowest BCUT2D eigenvalue weighted by Gasteiger charge is -2.19. The molecule has 3 rings (SSSR count). The standard InChI is InChI=1S/C20H22ClFN2OS/c1-14(26-19-8-2-16(21)3-9-19)20(25)23-12-15-10-11-24(13-15)18-6-4-17(22)5-7-18/h2-9,14-15H,10-13H2,1H3,(H,23,25). The summed E-state index contributed by atoms with van der Waals surface area (Å²) in [5.74, 6) is 0.242. The Labute approximate surface area is 162 Å². The maximum Gasteiger partial charge on any atom is 0.233 e. The summed E-state index contributed by atoms with van der Waals surface area (Å²) in [4.78, 5) is 15.6. The van der Waals surface area contributed by atoms with Gasteiger partial charge in [0.2, 0.25) is 5.91 Å². The number of amides is 1. The molecule has 26 heavy (non-hydrogen) atoms. The second-order valence-electron chi connectivity index (χ2n) is 6.54. The molecule has 1 amide bonds. The van der Waals surface area contributed by atoms with Gasteiger partial charge in [-0.25, -0.2) is 4.39 Å². The predicted molar refractivity (Wildman–Crippen MR) is 107 cm³/mol. The highest BCUT2D eigenvalue weighted by atomic mass is 35.5. The monoisotopic (exact) mass is 392 g/mol. The minimum absolute atomic E-state index is 0.0465. The summed E-state index contributed by atoms with van der Waals surface area (Å²) in [5.41, 5.74) is 1.03. The van der Waals surface area contributed by atoms with Crippen LogP contribution in [0.15, 0.2) is 53.4 Å². The van der Waals surface area contributed by atoms with Gasteiger partial charge in [-0.2, -0.15) is 0 Å². The largest absolute Gasteiger partial charge is 0.371 e. The Kier molecular flexibility index (Phi) is 6.43. The molecule has 1 aliphatic heterocycles. The first-order chi connectivity index (χ1) is 12.5. The topological polar surface area (TPSA) is 32.3 Å². The number of hydrogen-bond donors (Lipinski definition) is 1. The Balaban J connectivity index is 1.44. The van der Waals surface area contributed by atoms with Gasteiger partial charge in [0.05, 0.1) is 5.25 Å². The third kappa shape index (κ3) is 5.15. The van der Waals surface area contributed by atoms with E-state index in [-0.39, 0.29) is 17.0 Å². The molecule has 2 aromatic rings. The van der Waals surface area contributed by atoms with Crippen molar-refractivity contribution in [3.63, 3.8) is 0 Å². The van der Waals surface area contributed by atoms with Crippen LogP contribution in [0.5, 0.6) is 0 Å². The van der Waals surface area contributed by atoms with Gasteiger partial charge in [0, 0.05) is 35.2 Å². The van der Waals surface area contributed by atoms with Gasteiger partial charge in [-0.15, -0.1) is 11.8 Å². The summed E-state index contributed by atoms with van der Waals surface area (Å²) in [7, 11) is 0. The van der Waals surface area contributed by atoms with Gasteiger partial charge in [0.1, 0.15) is 5.82 Å². The Morgan fingerprint density at radius 3 is 2.65 bits per heavy atom. The lowest BCUT2D eigenvalue weighted by molar-refractivity contribution is -0.120. The zero-order valence-electron chi connectivity index (χ0n) is 14.6. The zero-order valence-corrected chi connectivity index (χ0v) is 16.2. The quantitative estimate of drug-likeness (QED) is 0.729. The molecule has 0 aliphatic carbocycles. The van der Waals surface area contributed by atoms with Crippen LogP contribution in [-0.2, 0) is 4.79 Å². The van der Waals surface area contributed by atoms with Crippen LogP contribution in [0.2, 0.25) is 5.02 Å². The number of rotatable bonds is 6. The van der Waals surface area contributed by atoms with E-state index >= 15 is 0 Å². The van der Waals surface area contributed by atoms with Crippen LogP contribution >= 0.6 is 23.4 Å². The molecule has 0 saturated carbocycles. The number of hydrogen-bond acceptors (Lipinski definition) is 3. The van der Waals surface area contributed by atoms with Crippen LogP contribution in [0.3, 0.4) is 0 Å². The van der Waals surface area contributed by atoms with Crippen molar-refractivity contribution in [1.82, 2.24) is 5.32 Å². The molecule has 0 aromatic heterocycles. The molecule has 0 bridgehead atoms. The molecule has 2 atom stereocenters. The molecular formula is C20H22ClFN2OS. The maximum absolute atomic E-state index is 13.0. The second kappa shape index (κ2) is 8.78. The number of carbonyl (C=O) groups is 1. The van der Waals surface area contributed by atoms with E-state index in [1.54, 1.807) is 12.1 Å². The van der Waals surface area contributed by atoms with E-state index in [0.717, 1.165) is 30.1 Å². The Hall–Kier alpha value is -1.72. The molecule has 0 radical (unpaired) electrons. The highest BCUT2D eigenvalue weighted by molar-refractivity contribution is 8.00. The molecule has 1 saturated heterocycles.